The highest BCUT2D eigenvalue weighted by molar-refractivity contribution is 9.11. The molecule has 122 valence electrons. The van der Waals surface area contributed by atoms with E-state index in [2.05, 4.69) is 96.0 Å². The molecular formula is C22H20Br2. The zero-order chi connectivity index (χ0) is 17.2. The monoisotopic (exact) mass is 442 g/mol. The summed E-state index contributed by atoms with van der Waals surface area (Å²) in [5.41, 5.74) is 2.91. The molecule has 0 atom stereocenters. The molecule has 0 fully saturated rings. The van der Waals surface area contributed by atoms with Crippen molar-refractivity contribution in [3.63, 3.8) is 0 Å². The molecule has 0 saturated carbocycles. The first-order valence-corrected chi connectivity index (χ1v) is 10.1. The number of rotatable bonds is 2. The highest BCUT2D eigenvalue weighted by Gasteiger charge is 2.19. The fraction of sp³-hybridized carbons (Fsp3) is 0.273. The number of halogens is 2. The molecule has 24 heavy (non-hydrogen) atoms. The highest BCUT2D eigenvalue weighted by Crippen LogP contribution is 2.44. The third-order valence-corrected chi connectivity index (χ3v) is 6.42. The van der Waals surface area contributed by atoms with E-state index in [1.54, 1.807) is 0 Å². The lowest BCUT2D eigenvalue weighted by Gasteiger charge is -2.21. The Kier molecular flexibility index (Phi) is 3.89. The molecule has 4 rings (SSSR count). The van der Waals surface area contributed by atoms with Crippen molar-refractivity contribution < 1.29 is 0 Å². The van der Waals surface area contributed by atoms with Gasteiger partial charge in [0, 0.05) is 8.95 Å². The van der Waals surface area contributed by atoms with Crippen molar-refractivity contribution in [3.8, 4) is 0 Å². The SMILES string of the molecule is CC(C)c1cc(C(C)C)c2ccc3c(Br)cc(Br)c4ccc1c2c43. The van der Waals surface area contributed by atoms with E-state index < -0.39 is 0 Å². The van der Waals surface area contributed by atoms with Crippen molar-refractivity contribution in [2.75, 3.05) is 0 Å². The second-order valence-corrected chi connectivity index (χ2v) is 8.98. The first-order chi connectivity index (χ1) is 11.4. The molecule has 0 spiro atoms. The second-order valence-electron chi connectivity index (χ2n) is 7.28. The van der Waals surface area contributed by atoms with Crippen LogP contribution in [0, 0.1) is 0 Å². The van der Waals surface area contributed by atoms with Gasteiger partial charge in [0.2, 0.25) is 0 Å². The number of hydrogen-bond acceptors (Lipinski definition) is 0. The Morgan fingerprint density at radius 2 is 0.958 bits per heavy atom. The van der Waals surface area contributed by atoms with E-state index >= 15 is 0 Å². The van der Waals surface area contributed by atoms with Crippen LogP contribution in [0.15, 0.2) is 45.3 Å². The van der Waals surface area contributed by atoms with Gasteiger partial charge in [-0.3, -0.25) is 0 Å². The molecule has 0 radical (unpaired) electrons. The van der Waals surface area contributed by atoms with Crippen molar-refractivity contribution >= 4 is 64.2 Å². The summed E-state index contributed by atoms with van der Waals surface area (Å²) in [7, 11) is 0. The van der Waals surface area contributed by atoms with Gasteiger partial charge in [-0.05, 0) is 61.3 Å². The lowest BCUT2D eigenvalue weighted by Crippen LogP contribution is -1.98. The van der Waals surface area contributed by atoms with E-state index in [4.69, 9.17) is 0 Å². The van der Waals surface area contributed by atoms with Crippen LogP contribution in [0.4, 0.5) is 0 Å². The van der Waals surface area contributed by atoms with Gasteiger partial charge in [-0.1, -0.05) is 89.9 Å². The molecule has 0 N–H and O–H groups in total. The lowest BCUT2D eigenvalue weighted by molar-refractivity contribution is 0.847. The number of benzene rings is 4. The van der Waals surface area contributed by atoms with E-state index in [1.807, 2.05) is 0 Å². The first-order valence-electron chi connectivity index (χ1n) is 8.49. The Labute approximate surface area is 159 Å². The second kappa shape index (κ2) is 5.71. The minimum atomic E-state index is 0.513. The van der Waals surface area contributed by atoms with Crippen LogP contribution in [0.25, 0.3) is 32.3 Å². The molecule has 4 aromatic carbocycles. The van der Waals surface area contributed by atoms with Gasteiger partial charge in [0.1, 0.15) is 0 Å². The van der Waals surface area contributed by atoms with Crippen LogP contribution in [0.5, 0.6) is 0 Å². The van der Waals surface area contributed by atoms with Gasteiger partial charge in [0.15, 0.2) is 0 Å². The Bertz CT molecular complexity index is 995. The predicted molar refractivity (Wildman–Crippen MR) is 114 cm³/mol. The summed E-state index contributed by atoms with van der Waals surface area (Å²) in [6, 6.07) is 13.7. The normalized spacial score (nSPS) is 12.5. The first kappa shape index (κ1) is 16.4. The fourth-order valence-corrected chi connectivity index (χ4v) is 5.35. The minimum Gasteiger partial charge on any atom is -0.0587 e. The molecule has 0 amide bonds. The van der Waals surface area contributed by atoms with Crippen LogP contribution in [0.2, 0.25) is 0 Å². The fourth-order valence-electron chi connectivity index (χ4n) is 3.92. The van der Waals surface area contributed by atoms with Crippen molar-refractivity contribution in [3.05, 3.63) is 56.5 Å². The maximum absolute atomic E-state index is 3.76. The van der Waals surface area contributed by atoms with Crippen LogP contribution in [-0.2, 0) is 0 Å². The maximum atomic E-state index is 3.76. The average Bonchev–Trinajstić information content (AvgIpc) is 2.53. The summed E-state index contributed by atoms with van der Waals surface area (Å²) in [5.74, 6) is 1.03. The van der Waals surface area contributed by atoms with Gasteiger partial charge in [-0.2, -0.15) is 0 Å². The molecule has 0 aliphatic heterocycles. The van der Waals surface area contributed by atoms with Gasteiger partial charge in [0.25, 0.3) is 0 Å². The van der Waals surface area contributed by atoms with E-state index in [1.165, 1.54) is 43.4 Å². The van der Waals surface area contributed by atoms with Gasteiger partial charge in [-0.15, -0.1) is 0 Å². The van der Waals surface area contributed by atoms with Crippen molar-refractivity contribution in [2.45, 2.75) is 39.5 Å². The van der Waals surface area contributed by atoms with Gasteiger partial charge >= 0.3 is 0 Å². The molecule has 2 heteroatoms. The summed E-state index contributed by atoms with van der Waals surface area (Å²) >= 11 is 7.51. The molecule has 0 aliphatic carbocycles. The van der Waals surface area contributed by atoms with E-state index in [9.17, 15) is 0 Å². The molecule has 0 nitrogen and oxygen atoms in total. The molecule has 0 bridgehead atoms. The minimum absolute atomic E-state index is 0.513. The number of hydrogen-bond donors (Lipinski definition) is 0. The maximum Gasteiger partial charge on any atom is 0.0265 e. The summed E-state index contributed by atoms with van der Waals surface area (Å²) < 4.78 is 2.30. The van der Waals surface area contributed by atoms with Crippen LogP contribution >= 0.6 is 31.9 Å². The van der Waals surface area contributed by atoms with E-state index in [0.29, 0.717) is 11.8 Å². The quantitative estimate of drug-likeness (QED) is 0.273. The Morgan fingerprint density at radius 3 is 1.38 bits per heavy atom. The zero-order valence-corrected chi connectivity index (χ0v) is 17.5. The molecule has 0 heterocycles. The van der Waals surface area contributed by atoms with Crippen LogP contribution in [0.3, 0.4) is 0 Å². The summed E-state index contributed by atoms with van der Waals surface area (Å²) in [6.07, 6.45) is 0. The average molecular weight is 444 g/mol. The van der Waals surface area contributed by atoms with E-state index in [-0.39, 0.29) is 0 Å². The summed E-state index contributed by atoms with van der Waals surface area (Å²) in [6.45, 7) is 9.17. The third kappa shape index (κ3) is 2.23. The standard InChI is InChI=1S/C22H20Br2/c1-11(2)17-9-18(12(3)4)14-6-8-16-20(24)10-19(23)15-7-5-13(17)21(14)22(15)16/h5-12H,1-4H3. The topological polar surface area (TPSA) is 0 Å². The van der Waals surface area contributed by atoms with Crippen LogP contribution in [0.1, 0.15) is 50.7 Å². The van der Waals surface area contributed by atoms with Crippen molar-refractivity contribution in [2.24, 2.45) is 0 Å². The van der Waals surface area contributed by atoms with Crippen LogP contribution < -0.4 is 0 Å². The molecule has 0 unspecified atom stereocenters. The van der Waals surface area contributed by atoms with Gasteiger partial charge in [-0.25, -0.2) is 0 Å². The summed E-state index contributed by atoms with van der Waals surface area (Å²) in [5, 5.41) is 8.17. The highest BCUT2D eigenvalue weighted by atomic mass is 79.9. The lowest BCUT2D eigenvalue weighted by atomic mass is 9.84. The Morgan fingerprint density at radius 1 is 0.583 bits per heavy atom. The van der Waals surface area contributed by atoms with E-state index in [0.717, 1.165) is 8.95 Å². The van der Waals surface area contributed by atoms with Gasteiger partial charge in [0.05, 0.1) is 0 Å². The Balaban J connectivity index is 2.36. The zero-order valence-electron chi connectivity index (χ0n) is 14.4. The molecule has 4 aromatic rings. The van der Waals surface area contributed by atoms with Crippen molar-refractivity contribution in [1.82, 2.24) is 0 Å². The third-order valence-electron chi connectivity index (χ3n) is 5.11. The van der Waals surface area contributed by atoms with Crippen LogP contribution in [-0.4, -0.2) is 0 Å². The smallest absolute Gasteiger partial charge is 0.0265 e. The van der Waals surface area contributed by atoms with Gasteiger partial charge < -0.3 is 0 Å². The summed E-state index contributed by atoms with van der Waals surface area (Å²) in [4.78, 5) is 0. The van der Waals surface area contributed by atoms with Crippen molar-refractivity contribution in [1.29, 1.82) is 0 Å². The molecule has 0 aliphatic rings. The molecule has 0 saturated heterocycles. The molecule has 0 aromatic heterocycles. The molecular weight excluding hydrogens is 424 g/mol. The Hall–Kier alpha value is -1.12. The largest absolute Gasteiger partial charge is 0.0587 e. The predicted octanol–water partition coefficient (Wildman–Crippen LogP) is 8.36.